The third-order valence-corrected chi connectivity index (χ3v) is 3.21. The number of nitrogens with zero attached hydrogens (tertiary/aromatic N) is 2. The van der Waals surface area contributed by atoms with Crippen molar-refractivity contribution >= 4 is 29.2 Å². The molecule has 23 heavy (non-hydrogen) atoms. The standard InChI is InChI=1S/C15H15NS2.C4H12N/c17-15(18)16(11-13-7-3-1-4-8-13)12-14-9-5-2-6-10-14;1-5(2,3)4/h1-10H,11-12H2,(H,17,18);1-4H3/q;+1/p-1. The number of benzene rings is 2. The van der Waals surface area contributed by atoms with Crippen LogP contribution in [0.15, 0.2) is 60.7 Å². The molecule has 0 fully saturated rings. The summed E-state index contributed by atoms with van der Waals surface area (Å²) in [6.07, 6.45) is 0. The van der Waals surface area contributed by atoms with Gasteiger partial charge in [-0.3, -0.25) is 0 Å². The van der Waals surface area contributed by atoms with Gasteiger partial charge in [0, 0.05) is 13.1 Å². The largest absolute Gasteiger partial charge is 0.411 e. The van der Waals surface area contributed by atoms with E-state index in [-0.39, 0.29) is 0 Å². The Kier molecular flexibility index (Phi) is 8.17. The quantitative estimate of drug-likeness (QED) is 0.470. The number of quaternary nitrogens is 1. The van der Waals surface area contributed by atoms with Crippen LogP contribution in [0.4, 0.5) is 0 Å². The summed E-state index contributed by atoms with van der Waals surface area (Å²) in [6.45, 7) is 1.52. The van der Waals surface area contributed by atoms with Crippen LogP contribution in [0.25, 0.3) is 0 Å². The zero-order valence-electron chi connectivity index (χ0n) is 14.4. The molecule has 0 amide bonds. The Hall–Kier alpha value is -1.49. The first kappa shape index (κ1) is 19.6. The van der Waals surface area contributed by atoms with Crippen LogP contribution in [0, 0.1) is 0 Å². The van der Waals surface area contributed by atoms with Gasteiger partial charge in [0.05, 0.1) is 28.2 Å². The maximum absolute atomic E-state index is 5.16. The lowest BCUT2D eigenvalue weighted by molar-refractivity contribution is -0.849. The Morgan fingerprint density at radius 3 is 1.39 bits per heavy atom. The van der Waals surface area contributed by atoms with Crippen LogP contribution in [0.1, 0.15) is 11.1 Å². The minimum absolute atomic E-state index is 0.516. The molecule has 0 aliphatic heterocycles. The van der Waals surface area contributed by atoms with Gasteiger partial charge in [-0.2, -0.15) is 0 Å². The molecule has 4 heteroatoms. The molecule has 2 aromatic rings. The maximum Gasteiger partial charge on any atom is 0.0675 e. The summed E-state index contributed by atoms with van der Waals surface area (Å²) in [7, 11) is 8.50. The van der Waals surface area contributed by atoms with Gasteiger partial charge >= 0.3 is 0 Å². The normalized spacial score (nSPS) is 10.4. The van der Waals surface area contributed by atoms with E-state index in [1.807, 2.05) is 41.3 Å². The molecule has 0 heterocycles. The van der Waals surface area contributed by atoms with Gasteiger partial charge in [-0.25, -0.2) is 0 Å². The molecule has 2 rings (SSSR count). The van der Waals surface area contributed by atoms with Crippen molar-refractivity contribution in [1.82, 2.24) is 4.90 Å². The van der Waals surface area contributed by atoms with Crippen molar-refractivity contribution < 1.29 is 4.48 Å². The van der Waals surface area contributed by atoms with Crippen LogP contribution in [-0.2, 0) is 25.7 Å². The van der Waals surface area contributed by atoms with Crippen LogP contribution >= 0.6 is 12.2 Å². The average Bonchev–Trinajstić information content (AvgIpc) is 2.47. The van der Waals surface area contributed by atoms with Crippen LogP contribution in [0.2, 0.25) is 0 Å². The average molecular weight is 347 g/mol. The van der Waals surface area contributed by atoms with E-state index in [1.165, 1.54) is 11.1 Å². The molecule has 2 nitrogen and oxygen atoms in total. The van der Waals surface area contributed by atoms with Crippen LogP contribution < -0.4 is 0 Å². The molecule has 2 aromatic carbocycles. The third-order valence-electron chi connectivity index (χ3n) is 2.69. The monoisotopic (exact) mass is 346 g/mol. The van der Waals surface area contributed by atoms with Crippen molar-refractivity contribution in [2.24, 2.45) is 0 Å². The highest BCUT2D eigenvalue weighted by Crippen LogP contribution is 2.10. The highest BCUT2D eigenvalue weighted by atomic mass is 32.1. The lowest BCUT2D eigenvalue weighted by Crippen LogP contribution is -2.27. The van der Waals surface area contributed by atoms with Gasteiger partial charge in [0.1, 0.15) is 0 Å². The predicted molar refractivity (Wildman–Crippen MR) is 106 cm³/mol. The van der Waals surface area contributed by atoms with E-state index in [2.05, 4.69) is 52.5 Å². The lowest BCUT2D eigenvalue weighted by atomic mass is 10.2. The summed E-state index contributed by atoms with van der Waals surface area (Å²) >= 11 is 10.3. The van der Waals surface area contributed by atoms with Gasteiger partial charge in [-0.05, 0) is 11.1 Å². The molecule has 0 saturated heterocycles. The number of thiocarbonyl (C=S) groups is 1. The van der Waals surface area contributed by atoms with E-state index in [1.54, 1.807) is 0 Å². The molecule has 0 N–H and O–H groups in total. The van der Waals surface area contributed by atoms with E-state index in [9.17, 15) is 0 Å². The van der Waals surface area contributed by atoms with E-state index in [4.69, 9.17) is 24.8 Å². The van der Waals surface area contributed by atoms with E-state index >= 15 is 0 Å². The minimum Gasteiger partial charge on any atom is -0.411 e. The second-order valence-electron chi connectivity index (χ2n) is 6.78. The second-order valence-corrected chi connectivity index (χ2v) is 7.81. The fraction of sp³-hybridized carbons (Fsp3) is 0.316. The third kappa shape index (κ3) is 10.00. The van der Waals surface area contributed by atoms with E-state index in [0.29, 0.717) is 4.32 Å². The smallest absolute Gasteiger partial charge is 0.0675 e. The van der Waals surface area contributed by atoms with Crippen molar-refractivity contribution in [3.63, 3.8) is 0 Å². The summed E-state index contributed by atoms with van der Waals surface area (Å²) in [5.41, 5.74) is 2.45. The van der Waals surface area contributed by atoms with E-state index < -0.39 is 0 Å². The molecule has 0 unspecified atom stereocenters. The van der Waals surface area contributed by atoms with Gasteiger partial charge in [-0.1, -0.05) is 65.0 Å². The fourth-order valence-corrected chi connectivity index (χ4v) is 2.05. The van der Waals surface area contributed by atoms with Gasteiger partial charge in [0.25, 0.3) is 0 Å². The van der Waals surface area contributed by atoms with Gasteiger partial charge in [0.2, 0.25) is 0 Å². The minimum atomic E-state index is 0.516. The van der Waals surface area contributed by atoms with Gasteiger partial charge in [-0.15, -0.1) is 0 Å². The van der Waals surface area contributed by atoms with Crippen molar-refractivity contribution in [2.45, 2.75) is 13.1 Å². The zero-order chi connectivity index (χ0) is 17.3. The van der Waals surface area contributed by atoms with Crippen molar-refractivity contribution in [3.8, 4) is 0 Å². The van der Waals surface area contributed by atoms with Crippen LogP contribution in [0.5, 0.6) is 0 Å². The van der Waals surface area contributed by atoms with Crippen molar-refractivity contribution in [3.05, 3.63) is 71.8 Å². The Balaban J connectivity index is 0.000000463. The Morgan fingerprint density at radius 2 is 1.13 bits per heavy atom. The molecule has 0 aliphatic rings. The molecule has 0 atom stereocenters. The molecule has 0 bridgehead atoms. The predicted octanol–water partition coefficient (Wildman–Crippen LogP) is 3.84. The highest BCUT2D eigenvalue weighted by Gasteiger charge is 2.03. The molecule has 0 saturated carbocycles. The Bertz CT molecular complexity index is 530. The van der Waals surface area contributed by atoms with Gasteiger partial charge in [0.15, 0.2) is 0 Å². The summed E-state index contributed by atoms with van der Waals surface area (Å²) in [4.78, 5) is 2.04. The molecule has 0 aliphatic carbocycles. The SMILES string of the molecule is C[N+](C)(C)C.S=C([S-])N(Cc1ccccc1)Cc1ccccc1. The Labute approximate surface area is 151 Å². The molecule has 0 spiro atoms. The van der Waals surface area contributed by atoms with Crippen LogP contribution in [0.3, 0.4) is 0 Å². The fourth-order valence-electron chi connectivity index (χ4n) is 1.79. The van der Waals surface area contributed by atoms with E-state index in [0.717, 1.165) is 17.6 Å². The van der Waals surface area contributed by atoms with Gasteiger partial charge < -0.3 is 34.2 Å². The summed E-state index contributed by atoms with van der Waals surface area (Å²) in [5.74, 6) is 0. The molecule has 0 radical (unpaired) electrons. The lowest BCUT2D eigenvalue weighted by Gasteiger charge is -2.28. The first-order valence-electron chi connectivity index (χ1n) is 7.58. The molecular formula is C19H26N2S2. The summed E-state index contributed by atoms with van der Waals surface area (Å²) in [5, 5.41) is 0. The maximum atomic E-state index is 5.16. The van der Waals surface area contributed by atoms with Crippen LogP contribution in [-0.4, -0.2) is 41.9 Å². The molecule has 0 aromatic heterocycles. The summed E-state index contributed by atoms with van der Waals surface area (Å²) < 4.78 is 1.52. The Morgan fingerprint density at radius 1 is 0.826 bits per heavy atom. The second kappa shape index (κ2) is 9.60. The molecular weight excluding hydrogens is 320 g/mol. The zero-order valence-corrected chi connectivity index (χ0v) is 16.0. The number of hydrogen-bond acceptors (Lipinski definition) is 2. The van der Waals surface area contributed by atoms with Crippen molar-refractivity contribution in [1.29, 1.82) is 0 Å². The first-order valence-corrected chi connectivity index (χ1v) is 8.40. The first-order chi connectivity index (χ1) is 10.8. The topological polar surface area (TPSA) is 3.24 Å². The number of rotatable bonds is 4. The summed E-state index contributed by atoms with van der Waals surface area (Å²) in [6, 6.07) is 20.5. The number of hydrogen-bond donors (Lipinski definition) is 0. The van der Waals surface area contributed by atoms with Crippen molar-refractivity contribution in [2.75, 3.05) is 28.2 Å². The highest BCUT2D eigenvalue weighted by molar-refractivity contribution is 8.00. The molecule has 124 valence electrons.